The van der Waals surface area contributed by atoms with Gasteiger partial charge >= 0.3 is 0 Å². The van der Waals surface area contributed by atoms with E-state index in [1.54, 1.807) is 4.90 Å². The number of sulfone groups is 1. The fourth-order valence-corrected chi connectivity index (χ4v) is 5.18. The van der Waals surface area contributed by atoms with Crippen LogP contribution in [0.5, 0.6) is 5.75 Å². The molecule has 0 aliphatic carbocycles. The van der Waals surface area contributed by atoms with Crippen LogP contribution in [0.15, 0.2) is 29.4 Å². The quantitative estimate of drug-likeness (QED) is 0.610. The van der Waals surface area contributed by atoms with E-state index in [1.165, 1.54) is 0 Å². The van der Waals surface area contributed by atoms with Crippen LogP contribution in [0, 0.1) is 11.6 Å². The number of aryl methyl sites for hydroxylation is 1. The Morgan fingerprint density at radius 1 is 1.06 bits per heavy atom. The lowest BCUT2D eigenvalue weighted by Gasteiger charge is -2.42. The zero-order valence-corrected chi connectivity index (χ0v) is 20.0. The largest absolute Gasteiger partial charge is 0.477 e. The topological polar surface area (TPSA) is 92.7 Å². The molecule has 2 saturated heterocycles. The van der Waals surface area contributed by atoms with Gasteiger partial charge in [0.25, 0.3) is 5.91 Å². The Morgan fingerprint density at radius 3 is 2.35 bits per heavy atom. The third kappa shape index (κ3) is 5.13. The van der Waals surface area contributed by atoms with Gasteiger partial charge in [-0.25, -0.2) is 27.2 Å². The molecule has 1 aromatic carbocycles. The number of hydrogen-bond donors (Lipinski definition) is 0. The minimum Gasteiger partial charge on any atom is -0.477 e. The standard InChI is InChI=1S/C23H28F2N4O4S/c1-3-15-13-26-23(27-14-15)28-9-6-16(7-10-28)29-8-4-5-19(22(29)30)33-20-11-18(25)21(12-17(20)24)34(2,31)32/h11-14,16,19H,3-10H2,1-2H3. The highest BCUT2D eigenvalue weighted by Crippen LogP contribution is 2.29. The summed E-state index contributed by atoms with van der Waals surface area (Å²) in [6, 6.07) is 1.30. The lowest BCUT2D eigenvalue weighted by molar-refractivity contribution is -0.145. The molecule has 11 heteroatoms. The number of likely N-dealkylation sites (tertiary alicyclic amines) is 1. The first-order chi connectivity index (χ1) is 16.2. The second kappa shape index (κ2) is 9.81. The molecule has 1 amide bonds. The molecular weight excluding hydrogens is 466 g/mol. The molecule has 0 N–H and O–H groups in total. The maximum absolute atomic E-state index is 14.4. The Bertz CT molecular complexity index is 1150. The summed E-state index contributed by atoms with van der Waals surface area (Å²) < 4.78 is 57.4. The van der Waals surface area contributed by atoms with Gasteiger partial charge in [-0.05, 0) is 43.7 Å². The summed E-state index contributed by atoms with van der Waals surface area (Å²) in [6.45, 7) is 4.04. The number of halogens is 2. The third-order valence-electron chi connectivity index (χ3n) is 6.37. The zero-order chi connectivity index (χ0) is 24.5. The summed E-state index contributed by atoms with van der Waals surface area (Å²) in [7, 11) is -3.93. The molecule has 0 saturated carbocycles. The van der Waals surface area contributed by atoms with Crippen molar-refractivity contribution < 1.29 is 26.7 Å². The van der Waals surface area contributed by atoms with Gasteiger partial charge in [0.2, 0.25) is 5.95 Å². The zero-order valence-electron chi connectivity index (χ0n) is 19.2. The first kappa shape index (κ1) is 24.3. The molecule has 2 aliphatic heterocycles. The number of hydrogen-bond acceptors (Lipinski definition) is 7. The van der Waals surface area contributed by atoms with Crippen LogP contribution in [-0.4, -0.2) is 67.2 Å². The summed E-state index contributed by atoms with van der Waals surface area (Å²) in [4.78, 5) is 25.1. The van der Waals surface area contributed by atoms with E-state index in [0.29, 0.717) is 50.6 Å². The average Bonchev–Trinajstić information content (AvgIpc) is 2.82. The lowest BCUT2D eigenvalue weighted by atomic mass is 9.98. The Kier molecular flexibility index (Phi) is 7.01. The normalized spacial score (nSPS) is 20.0. The molecule has 0 spiro atoms. The Labute approximate surface area is 197 Å². The van der Waals surface area contributed by atoms with Crippen molar-refractivity contribution in [2.24, 2.45) is 0 Å². The van der Waals surface area contributed by atoms with E-state index in [-0.39, 0.29) is 11.9 Å². The van der Waals surface area contributed by atoms with Gasteiger partial charge in [-0.15, -0.1) is 0 Å². The van der Waals surface area contributed by atoms with E-state index < -0.39 is 38.2 Å². The predicted molar refractivity (Wildman–Crippen MR) is 121 cm³/mol. The van der Waals surface area contributed by atoms with Crippen LogP contribution in [0.3, 0.4) is 0 Å². The molecule has 3 heterocycles. The molecule has 0 radical (unpaired) electrons. The molecular formula is C23H28F2N4O4S. The van der Waals surface area contributed by atoms with Gasteiger partial charge in [-0.2, -0.15) is 0 Å². The van der Waals surface area contributed by atoms with Crippen molar-refractivity contribution in [1.82, 2.24) is 14.9 Å². The summed E-state index contributed by atoms with van der Waals surface area (Å²) in [6.07, 6.45) is 6.91. The molecule has 2 fully saturated rings. The first-order valence-electron chi connectivity index (χ1n) is 11.4. The average molecular weight is 495 g/mol. The second-order valence-electron chi connectivity index (χ2n) is 8.73. The van der Waals surface area contributed by atoms with Gasteiger partial charge in [0.1, 0.15) is 10.7 Å². The SMILES string of the molecule is CCc1cnc(N2CCC(N3CCCC(Oc4cc(F)c(S(C)(=O)=O)cc4F)C3=O)CC2)nc1. The molecule has 1 unspecified atom stereocenters. The van der Waals surface area contributed by atoms with E-state index >= 15 is 0 Å². The van der Waals surface area contributed by atoms with E-state index in [4.69, 9.17) is 4.74 Å². The summed E-state index contributed by atoms with van der Waals surface area (Å²) in [5.41, 5.74) is 1.07. The van der Waals surface area contributed by atoms with Gasteiger partial charge in [-0.3, -0.25) is 4.79 Å². The smallest absolute Gasteiger partial charge is 0.263 e. The highest BCUT2D eigenvalue weighted by atomic mass is 32.2. The first-order valence-corrected chi connectivity index (χ1v) is 13.3. The molecule has 1 aromatic heterocycles. The fraction of sp³-hybridized carbons (Fsp3) is 0.522. The second-order valence-corrected chi connectivity index (χ2v) is 10.7. The molecule has 1 atom stereocenters. The van der Waals surface area contributed by atoms with E-state index in [9.17, 15) is 22.0 Å². The van der Waals surface area contributed by atoms with Crippen molar-refractivity contribution in [3.63, 3.8) is 0 Å². The lowest BCUT2D eigenvalue weighted by Crippen LogP contribution is -2.54. The number of piperidine rings is 2. The molecule has 184 valence electrons. The van der Waals surface area contributed by atoms with E-state index in [2.05, 4.69) is 14.9 Å². The molecule has 2 aliphatic rings. The van der Waals surface area contributed by atoms with E-state index in [1.807, 2.05) is 19.3 Å². The summed E-state index contributed by atoms with van der Waals surface area (Å²) in [5, 5.41) is 0. The summed E-state index contributed by atoms with van der Waals surface area (Å²) >= 11 is 0. The van der Waals surface area contributed by atoms with Crippen LogP contribution >= 0.6 is 0 Å². The maximum Gasteiger partial charge on any atom is 0.263 e. The highest BCUT2D eigenvalue weighted by Gasteiger charge is 2.37. The van der Waals surface area contributed by atoms with Crippen molar-refractivity contribution in [1.29, 1.82) is 0 Å². The van der Waals surface area contributed by atoms with Gasteiger partial charge in [0, 0.05) is 50.4 Å². The number of aromatic nitrogens is 2. The minimum absolute atomic E-state index is 0.0132. The number of carbonyl (C=O) groups excluding carboxylic acids is 1. The highest BCUT2D eigenvalue weighted by molar-refractivity contribution is 7.90. The van der Waals surface area contributed by atoms with Crippen LogP contribution in [0.1, 0.15) is 38.2 Å². The number of rotatable bonds is 6. The Morgan fingerprint density at radius 2 is 1.74 bits per heavy atom. The molecule has 0 bridgehead atoms. The molecule has 8 nitrogen and oxygen atoms in total. The number of anilines is 1. The van der Waals surface area contributed by atoms with Crippen LogP contribution in [0.25, 0.3) is 0 Å². The van der Waals surface area contributed by atoms with Crippen molar-refractivity contribution in [3.8, 4) is 5.75 Å². The van der Waals surface area contributed by atoms with Crippen molar-refractivity contribution >= 4 is 21.7 Å². The Balaban J connectivity index is 1.40. The maximum atomic E-state index is 14.4. The monoisotopic (exact) mass is 494 g/mol. The van der Waals surface area contributed by atoms with Crippen molar-refractivity contribution in [2.75, 3.05) is 30.8 Å². The van der Waals surface area contributed by atoms with Crippen molar-refractivity contribution in [2.45, 2.75) is 56.1 Å². The van der Waals surface area contributed by atoms with Crippen LogP contribution in [0.2, 0.25) is 0 Å². The number of amides is 1. The number of benzene rings is 1. The van der Waals surface area contributed by atoms with Gasteiger partial charge in [0.05, 0.1) is 0 Å². The fourth-order valence-electron chi connectivity index (χ4n) is 4.45. The molecule has 34 heavy (non-hydrogen) atoms. The molecule has 2 aromatic rings. The summed E-state index contributed by atoms with van der Waals surface area (Å²) in [5.74, 6) is -2.18. The van der Waals surface area contributed by atoms with Gasteiger partial charge in [-0.1, -0.05) is 6.92 Å². The number of carbonyl (C=O) groups is 1. The van der Waals surface area contributed by atoms with Crippen LogP contribution in [-0.2, 0) is 21.1 Å². The van der Waals surface area contributed by atoms with Gasteiger partial charge in [0.15, 0.2) is 27.5 Å². The Hall–Kier alpha value is -2.82. The van der Waals surface area contributed by atoms with Crippen molar-refractivity contribution in [3.05, 3.63) is 41.7 Å². The number of nitrogens with zero attached hydrogens (tertiary/aromatic N) is 4. The molecule has 4 rings (SSSR count). The minimum atomic E-state index is -3.93. The van der Waals surface area contributed by atoms with Crippen LogP contribution in [0.4, 0.5) is 14.7 Å². The van der Waals surface area contributed by atoms with Gasteiger partial charge < -0.3 is 14.5 Å². The number of ether oxygens (including phenoxy) is 1. The van der Waals surface area contributed by atoms with E-state index in [0.717, 1.165) is 31.1 Å². The van der Waals surface area contributed by atoms with Crippen LogP contribution < -0.4 is 9.64 Å². The third-order valence-corrected chi connectivity index (χ3v) is 7.48. The predicted octanol–water partition coefficient (Wildman–Crippen LogP) is 2.76.